The SMILES string of the molecule is CCCNC(=O)[C@H](C)N(Cc1cccc(Cl)c1)C(=O)CN(c1ccc2c(c1)OCO2)S(=O)(=O)CC. The summed E-state index contributed by atoms with van der Waals surface area (Å²) in [6.07, 6.45) is 0.743. The molecule has 2 aromatic rings. The van der Waals surface area contributed by atoms with Crippen LogP contribution in [0.1, 0.15) is 32.8 Å². The lowest BCUT2D eigenvalue weighted by molar-refractivity contribution is -0.139. The third-order valence-electron chi connectivity index (χ3n) is 5.58. The number of benzene rings is 2. The zero-order valence-electron chi connectivity index (χ0n) is 20.0. The molecule has 35 heavy (non-hydrogen) atoms. The number of sulfonamides is 1. The Balaban J connectivity index is 1.93. The smallest absolute Gasteiger partial charge is 0.244 e. The van der Waals surface area contributed by atoms with Gasteiger partial charge in [0.05, 0.1) is 11.4 Å². The van der Waals surface area contributed by atoms with Gasteiger partial charge < -0.3 is 19.7 Å². The largest absolute Gasteiger partial charge is 0.454 e. The first-order valence-electron chi connectivity index (χ1n) is 11.4. The van der Waals surface area contributed by atoms with E-state index in [9.17, 15) is 18.0 Å². The van der Waals surface area contributed by atoms with Gasteiger partial charge in [-0.15, -0.1) is 0 Å². The van der Waals surface area contributed by atoms with Crippen LogP contribution in [0.15, 0.2) is 42.5 Å². The molecule has 0 fully saturated rings. The van der Waals surface area contributed by atoms with Crippen LogP contribution in [0, 0.1) is 0 Å². The maximum atomic E-state index is 13.6. The normalized spacial score (nSPS) is 13.3. The van der Waals surface area contributed by atoms with Gasteiger partial charge in [-0.05, 0) is 50.1 Å². The number of ether oxygens (including phenoxy) is 2. The van der Waals surface area contributed by atoms with Gasteiger partial charge in [0.2, 0.25) is 28.6 Å². The Kier molecular flexibility index (Phi) is 8.85. The molecule has 1 heterocycles. The van der Waals surface area contributed by atoms with Crippen molar-refractivity contribution in [2.24, 2.45) is 0 Å². The number of carbonyl (C=O) groups excluding carboxylic acids is 2. The van der Waals surface area contributed by atoms with E-state index in [4.69, 9.17) is 21.1 Å². The predicted octanol–water partition coefficient (Wildman–Crippen LogP) is 3.17. The van der Waals surface area contributed by atoms with E-state index in [1.54, 1.807) is 43.3 Å². The van der Waals surface area contributed by atoms with E-state index in [2.05, 4.69) is 5.32 Å². The summed E-state index contributed by atoms with van der Waals surface area (Å²) < 4.78 is 37.7. The van der Waals surface area contributed by atoms with Crippen LogP contribution >= 0.6 is 11.6 Å². The molecule has 2 amide bonds. The molecule has 0 aromatic heterocycles. The molecular formula is C24H30ClN3O6S. The van der Waals surface area contributed by atoms with Gasteiger partial charge >= 0.3 is 0 Å². The van der Waals surface area contributed by atoms with Crippen molar-refractivity contribution in [1.82, 2.24) is 10.2 Å². The molecule has 0 radical (unpaired) electrons. The minimum atomic E-state index is -3.83. The van der Waals surface area contributed by atoms with Crippen molar-refractivity contribution in [3.8, 4) is 11.5 Å². The number of halogens is 1. The number of amides is 2. The van der Waals surface area contributed by atoms with Gasteiger partial charge in [-0.3, -0.25) is 13.9 Å². The van der Waals surface area contributed by atoms with E-state index in [1.807, 2.05) is 6.92 Å². The van der Waals surface area contributed by atoms with Crippen molar-refractivity contribution in [3.63, 3.8) is 0 Å². The van der Waals surface area contributed by atoms with Crippen LogP contribution in [-0.4, -0.2) is 56.8 Å². The van der Waals surface area contributed by atoms with E-state index in [-0.39, 0.29) is 30.7 Å². The Labute approximate surface area is 211 Å². The molecule has 9 nitrogen and oxygen atoms in total. The Bertz CT molecular complexity index is 1170. The fourth-order valence-electron chi connectivity index (χ4n) is 3.57. The summed E-state index contributed by atoms with van der Waals surface area (Å²) in [5.74, 6) is -0.170. The van der Waals surface area contributed by atoms with Crippen LogP contribution in [0.5, 0.6) is 11.5 Å². The Morgan fingerprint density at radius 2 is 1.86 bits per heavy atom. The standard InChI is InChI=1S/C24H30ClN3O6S/c1-4-11-26-24(30)17(3)27(14-18-7-6-8-19(25)12-18)23(29)15-28(35(31,32)5-2)20-9-10-21-22(13-20)34-16-33-21/h6-10,12-13,17H,4-5,11,14-16H2,1-3H3,(H,26,30)/t17-/m0/s1. The van der Waals surface area contributed by atoms with Crippen molar-refractivity contribution in [2.45, 2.75) is 39.8 Å². The third kappa shape index (κ3) is 6.58. The zero-order chi connectivity index (χ0) is 25.6. The van der Waals surface area contributed by atoms with Crippen LogP contribution in [0.2, 0.25) is 5.02 Å². The van der Waals surface area contributed by atoms with Crippen molar-refractivity contribution in [3.05, 3.63) is 53.1 Å². The van der Waals surface area contributed by atoms with Gasteiger partial charge in [-0.25, -0.2) is 8.42 Å². The van der Waals surface area contributed by atoms with E-state index in [1.165, 1.54) is 17.9 Å². The molecule has 1 atom stereocenters. The van der Waals surface area contributed by atoms with Gasteiger partial charge in [0.15, 0.2) is 11.5 Å². The lowest BCUT2D eigenvalue weighted by Crippen LogP contribution is -2.51. The molecule has 1 aliphatic rings. The van der Waals surface area contributed by atoms with E-state index in [0.29, 0.717) is 28.6 Å². The Morgan fingerprint density at radius 1 is 1.11 bits per heavy atom. The molecule has 2 aromatic carbocycles. The molecule has 0 bridgehead atoms. The first-order chi connectivity index (χ1) is 16.7. The van der Waals surface area contributed by atoms with E-state index >= 15 is 0 Å². The van der Waals surface area contributed by atoms with Crippen molar-refractivity contribution < 1.29 is 27.5 Å². The van der Waals surface area contributed by atoms with Crippen LogP contribution in [0.3, 0.4) is 0 Å². The highest BCUT2D eigenvalue weighted by Crippen LogP contribution is 2.36. The molecule has 0 saturated carbocycles. The number of hydrogen-bond acceptors (Lipinski definition) is 6. The molecule has 11 heteroatoms. The van der Waals surface area contributed by atoms with Crippen molar-refractivity contribution in [2.75, 3.05) is 29.9 Å². The highest BCUT2D eigenvalue weighted by molar-refractivity contribution is 7.92. The molecule has 0 unspecified atom stereocenters. The summed E-state index contributed by atoms with van der Waals surface area (Å²) >= 11 is 6.12. The summed E-state index contributed by atoms with van der Waals surface area (Å²) in [6.45, 7) is 5.16. The highest BCUT2D eigenvalue weighted by atomic mass is 35.5. The van der Waals surface area contributed by atoms with E-state index < -0.39 is 28.5 Å². The number of carbonyl (C=O) groups is 2. The molecule has 0 saturated heterocycles. The molecule has 1 N–H and O–H groups in total. The molecule has 0 aliphatic carbocycles. The van der Waals surface area contributed by atoms with E-state index in [0.717, 1.165) is 10.7 Å². The summed E-state index contributed by atoms with van der Waals surface area (Å²) in [4.78, 5) is 27.7. The van der Waals surface area contributed by atoms with Gasteiger partial charge in [0.1, 0.15) is 12.6 Å². The second-order valence-electron chi connectivity index (χ2n) is 8.06. The van der Waals surface area contributed by atoms with Crippen molar-refractivity contribution in [1.29, 1.82) is 0 Å². The fraction of sp³-hybridized carbons (Fsp3) is 0.417. The summed E-state index contributed by atoms with van der Waals surface area (Å²) in [5, 5.41) is 3.29. The highest BCUT2D eigenvalue weighted by Gasteiger charge is 2.31. The lowest BCUT2D eigenvalue weighted by atomic mass is 10.1. The monoisotopic (exact) mass is 523 g/mol. The first kappa shape index (κ1) is 26.6. The molecule has 0 spiro atoms. The van der Waals surface area contributed by atoms with Gasteiger partial charge in [0.25, 0.3) is 0 Å². The lowest BCUT2D eigenvalue weighted by Gasteiger charge is -2.32. The number of nitrogens with one attached hydrogen (secondary N) is 1. The topological polar surface area (TPSA) is 105 Å². The predicted molar refractivity (Wildman–Crippen MR) is 134 cm³/mol. The molecular weight excluding hydrogens is 494 g/mol. The summed E-state index contributed by atoms with van der Waals surface area (Å²) in [7, 11) is -3.83. The number of anilines is 1. The molecule has 1 aliphatic heterocycles. The van der Waals surface area contributed by atoms with Crippen molar-refractivity contribution >= 4 is 39.1 Å². The summed E-state index contributed by atoms with van der Waals surface area (Å²) in [5.41, 5.74) is 0.990. The Morgan fingerprint density at radius 3 is 2.54 bits per heavy atom. The first-order valence-corrected chi connectivity index (χ1v) is 13.4. The molecule has 190 valence electrons. The van der Waals surface area contributed by atoms with Crippen LogP contribution in [0.4, 0.5) is 5.69 Å². The van der Waals surface area contributed by atoms with Crippen LogP contribution in [-0.2, 0) is 26.2 Å². The minimum Gasteiger partial charge on any atom is -0.454 e. The van der Waals surface area contributed by atoms with Gasteiger partial charge in [0, 0.05) is 24.2 Å². The minimum absolute atomic E-state index is 0.0377. The fourth-order valence-corrected chi connectivity index (χ4v) is 4.84. The van der Waals surface area contributed by atoms with Gasteiger partial charge in [-0.1, -0.05) is 30.7 Å². The quantitative estimate of drug-likeness (QED) is 0.485. The number of hydrogen-bond donors (Lipinski definition) is 1. The third-order valence-corrected chi connectivity index (χ3v) is 7.56. The van der Waals surface area contributed by atoms with Gasteiger partial charge in [-0.2, -0.15) is 0 Å². The van der Waals surface area contributed by atoms with Crippen LogP contribution < -0.4 is 19.1 Å². The zero-order valence-corrected chi connectivity index (χ0v) is 21.6. The Hall–Kier alpha value is -2.98. The second kappa shape index (κ2) is 11.6. The van der Waals surface area contributed by atoms with Crippen LogP contribution in [0.25, 0.3) is 0 Å². The molecule has 3 rings (SSSR count). The maximum Gasteiger partial charge on any atom is 0.244 e. The maximum absolute atomic E-state index is 13.6. The summed E-state index contributed by atoms with van der Waals surface area (Å²) in [6, 6.07) is 10.8. The number of nitrogens with zero attached hydrogens (tertiary/aromatic N) is 2. The number of rotatable bonds is 11. The second-order valence-corrected chi connectivity index (χ2v) is 10.7. The average Bonchev–Trinajstić information content (AvgIpc) is 3.31. The number of fused-ring (bicyclic) bond motifs is 1. The average molecular weight is 524 g/mol.